The SMILES string of the molecule is CO/N=C(\C(=O)N[C@@H]1C(=O)N2C(C(=O)OC(C)OC(C)=O)=C(COC(N)=O)CSC12)c1ccco1. The summed E-state index contributed by atoms with van der Waals surface area (Å²) in [5.41, 5.74) is 4.89. The predicted molar refractivity (Wildman–Crippen MR) is 117 cm³/mol. The molecule has 0 bridgehead atoms. The number of esters is 2. The molecular formula is C20H22N4O10S. The molecule has 3 rings (SSSR count). The summed E-state index contributed by atoms with van der Waals surface area (Å²) in [5, 5.41) is 5.53. The van der Waals surface area contributed by atoms with Gasteiger partial charge in [-0.1, -0.05) is 5.16 Å². The van der Waals surface area contributed by atoms with E-state index in [0.29, 0.717) is 0 Å². The number of ether oxygens (including phenoxy) is 3. The van der Waals surface area contributed by atoms with E-state index in [4.69, 9.17) is 29.2 Å². The summed E-state index contributed by atoms with van der Waals surface area (Å²) >= 11 is 1.21. The van der Waals surface area contributed by atoms with Crippen LogP contribution in [0.1, 0.15) is 19.6 Å². The van der Waals surface area contributed by atoms with Gasteiger partial charge in [-0.3, -0.25) is 19.3 Å². The van der Waals surface area contributed by atoms with Gasteiger partial charge in [0.1, 0.15) is 30.8 Å². The van der Waals surface area contributed by atoms with Crippen molar-refractivity contribution in [1.29, 1.82) is 0 Å². The number of hydrogen-bond acceptors (Lipinski definition) is 12. The first-order chi connectivity index (χ1) is 16.6. The van der Waals surface area contributed by atoms with Crippen LogP contribution in [0.5, 0.6) is 0 Å². The van der Waals surface area contributed by atoms with Gasteiger partial charge >= 0.3 is 18.0 Å². The number of amides is 3. The molecule has 0 aliphatic carbocycles. The van der Waals surface area contributed by atoms with Crippen molar-refractivity contribution in [3.05, 3.63) is 35.4 Å². The first-order valence-electron chi connectivity index (χ1n) is 10.1. The Labute approximate surface area is 202 Å². The predicted octanol–water partition coefficient (Wildman–Crippen LogP) is -0.168. The van der Waals surface area contributed by atoms with Gasteiger partial charge in [-0.2, -0.15) is 0 Å². The molecule has 1 aromatic heterocycles. The minimum Gasteiger partial charge on any atom is -0.462 e. The summed E-state index contributed by atoms with van der Waals surface area (Å²) in [5.74, 6) is -2.75. The molecule has 1 fully saturated rings. The lowest BCUT2D eigenvalue weighted by Gasteiger charge is -2.49. The number of nitrogens with two attached hydrogens (primary N) is 1. The van der Waals surface area contributed by atoms with Gasteiger partial charge < -0.3 is 34.5 Å². The van der Waals surface area contributed by atoms with Crippen molar-refractivity contribution in [3.63, 3.8) is 0 Å². The molecule has 35 heavy (non-hydrogen) atoms. The molecule has 2 aliphatic rings. The fourth-order valence-corrected chi connectivity index (χ4v) is 4.65. The van der Waals surface area contributed by atoms with E-state index in [0.717, 1.165) is 11.8 Å². The van der Waals surface area contributed by atoms with Crippen LogP contribution in [0.15, 0.2) is 39.2 Å². The third-order valence-electron chi connectivity index (χ3n) is 4.67. The number of carbonyl (C=O) groups is 5. The number of hydrogen-bond donors (Lipinski definition) is 2. The highest BCUT2D eigenvalue weighted by Crippen LogP contribution is 2.41. The Morgan fingerprint density at radius 2 is 2.09 bits per heavy atom. The number of β-lactam (4-membered cyclic amide) rings is 1. The molecule has 3 N–H and O–H groups in total. The zero-order valence-corrected chi connectivity index (χ0v) is 19.7. The Balaban J connectivity index is 1.80. The van der Waals surface area contributed by atoms with E-state index in [1.807, 2.05) is 0 Å². The number of furan rings is 1. The van der Waals surface area contributed by atoms with Gasteiger partial charge in [-0.15, -0.1) is 11.8 Å². The molecule has 14 nitrogen and oxygen atoms in total. The van der Waals surface area contributed by atoms with Crippen molar-refractivity contribution < 1.29 is 47.4 Å². The third kappa shape index (κ3) is 5.74. The zero-order valence-electron chi connectivity index (χ0n) is 18.8. The van der Waals surface area contributed by atoms with Crippen LogP contribution in [0.25, 0.3) is 0 Å². The lowest BCUT2D eigenvalue weighted by Crippen LogP contribution is -2.71. The Morgan fingerprint density at radius 1 is 1.34 bits per heavy atom. The van der Waals surface area contributed by atoms with Gasteiger partial charge in [0.05, 0.1) is 6.26 Å². The van der Waals surface area contributed by atoms with Crippen LogP contribution in [0, 0.1) is 0 Å². The summed E-state index contributed by atoms with van der Waals surface area (Å²) in [6, 6.07) is 2.03. The number of carbonyl (C=O) groups excluding carboxylic acids is 5. The van der Waals surface area contributed by atoms with Crippen molar-refractivity contribution in [2.45, 2.75) is 31.6 Å². The number of primary amides is 1. The smallest absolute Gasteiger partial charge is 0.404 e. The normalized spacial score (nSPS) is 20.3. The Hall–Kier alpha value is -4.01. The van der Waals surface area contributed by atoms with Gasteiger partial charge in [0.25, 0.3) is 11.8 Å². The molecule has 15 heteroatoms. The second-order valence-corrected chi connectivity index (χ2v) is 8.21. The van der Waals surface area contributed by atoms with Crippen LogP contribution in [-0.2, 0) is 38.2 Å². The topological polar surface area (TPSA) is 189 Å². The standard InChI is InChI=1S/C20H22N4O10S/c1-9(25)33-10(2)34-19(28)15-11(7-32-20(21)29)8-35-18-14(17(27)24(15)18)22-16(26)13(23-30-3)12-5-4-6-31-12/h4-6,10,14,18H,7-8H2,1-3H3,(H2,21,29)(H,22,26)/b23-13-/t10?,14-,18?/m1/s1. The minimum absolute atomic E-state index is 0.124. The van der Waals surface area contributed by atoms with Gasteiger partial charge in [-0.25, -0.2) is 9.59 Å². The molecule has 3 amide bonds. The average molecular weight is 510 g/mol. The summed E-state index contributed by atoms with van der Waals surface area (Å²) in [6.45, 7) is 2.09. The van der Waals surface area contributed by atoms with Crippen molar-refractivity contribution in [2.24, 2.45) is 10.9 Å². The minimum atomic E-state index is -1.24. The molecular weight excluding hydrogens is 488 g/mol. The number of thioether (sulfide) groups is 1. The maximum absolute atomic E-state index is 13.0. The molecule has 1 saturated heterocycles. The fourth-order valence-electron chi connectivity index (χ4n) is 3.32. The van der Waals surface area contributed by atoms with Crippen LogP contribution in [0.4, 0.5) is 4.79 Å². The Morgan fingerprint density at radius 3 is 2.69 bits per heavy atom. The highest BCUT2D eigenvalue weighted by molar-refractivity contribution is 8.00. The van der Waals surface area contributed by atoms with Crippen LogP contribution < -0.4 is 11.1 Å². The van der Waals surface area contributed by atoms with Crippen LogP contribution >= 0.6 is 11.8 Å². The average Bonchev–Trinajstić information content (AvgIpc) is 3.32. The van der Waals surface area contributed by atoms with Gasteiger partial charge in [-0.05, 0) is 12.1 Å². The molecule has 3 heterocycles. The quantitative estimate of drug-likeness (QED) is 0.147. The molecule has 0 aromatic carbocycles. The van der Waals surface area contributed by atoms with E-state index in [-0.39, 0.29) is 35.1 Å². The second-order valence-electron chi connectivity index (χ2n) is 7.10. The monoisotopic (exact) mass is 510 g/mol. The zero-order chi connectivity index (χ0) is 25.7. The van der Waals surface area contributed by atoms with Gasteiger partial charge in [0.15, 0.2) is 5.76 Å². The van der Waals surface area contributed by atoms with E-state index in [9.17, 15) is 24.0 Å². The molecule has 0 radical (unpaired) electrons. The number of nitrogens with one attached hydrogen (secondary N) is 1. The third-order valence-corrected chi connectivity index (χ3v) is 6.01. The summed E-state index contributed by atoms with van der Waals surface area (Å²) in [7, 11) is 1.25. The Kier molecular flexibility index (Phi) is 8.01. The van der Waals surface area contributed by atoms with E-state index < -0.39 is 47.6 Å². The fraction of sp³-hybridized carbons (Fsp3) is 0.400. The van der Waals surface area contributed by atoms with Crippen molar-refractivity contribution >= 4 is 47.3 Å². The highest BCUT2D eigenvalue weighted by Gasteiger charge is 2.55. The molecule has 0 saturated carbocycles. The summed E-state index contributed by atoms with van der Waals surface area (Å²) in [6.07, 6.45) is -0.976. The maximum Gasteiger partial charge on any atom is 0.404 e. The summed E-state index contributed by atoms with van der Waals surface area (Å²) < 4.78 is 19.9. The van der Waals surface area contributed by atoms with Crippen molar-refractivity contribution in [1.82, 2.24) is 10.2 Å². The molecule has 3 atom stereocenters. The summed E-state index contributed by atoms with van der Waals surface area (Å²) in [4.78, 5) is 66.7. The van der Waals surface area contributed by atoms with E-state index in [1.165, 1.54) is 38.1 Å². The molecule has 0 spiro atoms. The van der Waals surface area contributed by atoms with E-state index in [1.54, 1.807) is 6.07 Å². The maximum atomic E-state index is 13.0. The lowest BCUT2D eigenvalue weighted by atomic mass is 10.0. The van der Waals surface area contributed by atoms with Crippen molar-refractivity contribution in [3.8, 4) is 0 Å². The Bertz CT molecular complexity index is 1080. The molecule has 188 valence electrons. The second kappa shape index (κ2) is 10.9. The molecule has 1 aromatic rings. The van der Waals surface area contributed by atoms with Crippen LogP contribution in [0.3, 0.4) is 0 Å². The number of fused-ring (bicyclic) bond motifs is 1. The van der Waals surface area contributed by atoms with Crippen molar-refractivity contribution in [2.75, 3.05) is 19.5 Å². The number of rotatable bonds is 9. The highest BCUT2D eigenvalue weighted by atomic mass is 32.2. The molecule has 2 unspecified atom stereocenters. The molecule has 2 aliphatic heterocycles. The van der Waals surface area contributed by atoms with Gasteiger partial charge in [0, 0.05) is 25.2 Å². The first-order valence-corrected chi connectivity index (χ1v) is 11.1. The van der Waals surface area contributed by atoms with E-state index >= 15 is 0 Å². The van der Waals surface area contributed by atoms with E-state index in [2.05, 4.69) is 10.5 Å². The van der Waals surface area contributed by atoms with Crippen LogP contribution in [0.2, 0.25) is 0 Å². The first kappa shape index (κ1) is 25.6. The number of oxime groups is 1. The number of nitrogens with zero attached hydrogens (tertiary/aromatic N) is 2. The van der Waals surface area contributed by atoms with Crippen LogP contribution in [-0.4, -0.2) is 77.6 Å². The lowest BCUT2D eigenvalue weighted by molar-refractivity contribution is -0.182. The largest absolute Gasteiger partial charge is 0.462 e. The van der Waals surface area contributed by atoms with Gasteiger partial charge in [0.2, 0.25) is 12.0 Å².